The van der Waals surface area contributed by atoms with Gasteiger partial charge in [-0.25, -0.2) is 4.79 Å². The van der Waals surface area contributed by atoms with Crippen LogP contribution in [0.5, 0.6) is 0 Å². The average Bonchev–Trinajstić information content (AvgIpc) is 3.35. The van der Waals surface area contributed by atoms with Gasteiger partial charge in [0, 0.05) is 21.8 Å². The van der Waals surface area contributed by atoms with E-state index in [0.29, 0.717) is 6.42 Å². The Labute approximate surface area is 263 Å². The maximum atomic E-state index is 14.9. The van der Waals surface area contributed by atoms with Crippen molar-refractivity contribution in [2.75, 3.05) is 6.61 Å². The Hall–Kier alpha value is -2.23. The molecule has 9 nitrogen and oxygen atoms in total. The Morgan fingerprint density at radius 3 is 2.38 bits per heavy atom. The lowest BCUT2D eigenvalue weighted by Gasteiger charge is -2.68. The summed E-state index contributed by atoms with van der Waals surface area (Å²) in [5, 5.41) is 12.5. The number of epoxide rings is 1. The van der Waals surface area contributed by atoms with E-state index in [9.17, 15) is 19.5 Å². The summed E-state index contributed by atoms with van der Waals surface area (Å²) in [6.07, 6.45) is 8.90. The Kier molecular flexibility index (Phi) is 4.89. The molecule has 0 radical (unpaired) electrons. The van der Waals surface area contributed by atoms with Gasteiger partial charge in [0.1, 0.15) is 24.4 Å². The first-order valence-electron chi connectivity index (χ1n) is 17.3. The molecule has 4 saturated heterocycles. The average molecular weight is 621 g/mol. The number of carbonyl (C=O) groups is 3. The van der Waals surface area contributed by atoms with Gasteiger partial charge in [0.2, 0.25) is 0 Å². The van der Waals surface area contributed by atoms with E-state index in [1.54, 1.807) is 12.5 Å². The van der Waals surface area contributed by atoms with Crippen molar-refractivity contribution in [1.29, 1.82) is 0 Å². The van der Waals surface area contributed by atoms with Crippen molar-refractivity contribution in [1.82, 2.24) is 0 Å². The highest BCUT2D eigenvalue weighted by molar-refractivity contribution is 5.92. The highest BCUT2D eigenvalue weighted by atomic mass is 16.7. The van der Waals surface area contributed by atoms with Crippen LogP contribution in [0.4, 0.5) is 0 Å². The van der Waals surface area contributed by atoms with Gasteiger partial charge in [-0.2, -0.15) is 0 Å². The molecule has 5 heterocycles. The van der Waals surface area contributed by atoms with Gasteiger partial charge in [-0.15, -0.1) is 0 Å². The molecule has 2 bridgehead atoms. The fraction of sp³-hybridized carbons (Fsp3) is 0.806. The maximum Gasteiger partial charge on any atom is 0.339 e. The van der Waals surface area contributed by atoms with Crippen LogP contribution in [0.25, 0.3) is 0 Å². The van der Waals surface area contributed by atoms with Crippen LogP contribution in [0.3, 0.4) is 0 Å². The predicted molar refractivity (Wildman–Crippen MR) is 155 cm³/mol. The number of fused-ring (bicyclic) bond motifs is 2. The smallest absolute Gasteiger partial charge is 0.339 e. The molecule has 4 spiro atoms. The molecule has 1 aromatic rings. The Morgan fingerprint density at radius 2 is 1.64 bits per heavy atom. The van der Waals surface area contributed by atoms with E-state index in [1.807, 2.05) is 26.8 Å². The van der Waals surface area contributed by atoms with Gasteiger partial charge < -0.3 is 28.5 Å². The van der Waals surface area contributed by atoms with Crippen LogP contribution in [0.2, 0.25) is 0 Å². The minimum Gasteiger partial charge on any atom is -0.472 e. The zero-order chi connectivity index (χ0) is 31.2. The summed E-state index contributed by atoms with van der Waals surface area (Å²) in [7, 11) is 0. The standard InChI is InChI=1S/C36H44O9/c1-30(2)23-21(37)24(38)32(4)22-19(14-31(3)25(18-8-13-41-16-18)43-29(40)27-36(31,32)45-27)15-34(12-7-11-33(34)9-5-6-10-33)20-26(44-30)35(22,23)17-42-28(20)39/h8,13,16,19-20,22-27,38H,5-7,9-12,14-15,17H2,1-4H3/t19-,20-,22+,23-,24-,25+,26-,27-,31+,32+,34+,35+,36+/m1/s1. The molecule has 0 amide bonds. The molecule has 242 valence electrons. The lowest BCUT2D eigenvalue weighted by Crippen LogP contribution is -2.77. The molecule has 4 aliphatic heterocycles. The van der Waals surface area contributed by atoms with Gasteiger partial charge in [0.15, 0.2) is 11.9 Å². The van der Waals surface area contributed by atoms with Crippen LogP contribution in [0.1, 0.15) is 97.1 Å². The second kappa shape index (κ2) is 7.90. The molecule has 5 aliphatic carbocycles. The molecule has 0 aromatic carbocycles. The molecule has 5 saturated carbocycles. The normalized spacial score (nSPS) is 55.9. The summed E-state index contributed by atoms with van der Waals surface area (Å²) >= 11 is 0. The van der Waals surface area contributed by atoms with Gasteiger partial charge >= 0.3 is 11.9 Å². The molecule has 1 N–H and O–H groups in total. The van der Waals surface area contributed by atoms with E-state index in [-0.39, 0.29) is 41.0 Å². The zero-order valence-corrected chi connectivity index (χ0v) is 26.6. The fourth-order valence-corrected chi connectivity index (χ4v) is 15.1. The third kappa shape index (κ3) is 2.62. The quantitative estimate of drug-likeness (QED) is 0.352. The Morgan fingerprint density at radius 1 is 0.889 bits per heavy atom. The van der Waals surface area contributed by atoms with Crippen LogP contribution < -0.4 is 0 Å². The first-order valence-corrected chi connectivity index (χ1v) is 17.3. The summed E-state index contributed by atoms with van der Waals surface area (Å²) in [5.74, 6) is -2.28. The Balaban J connectivity index is 1.27. The number of ether oxygens (including phenoxy) is 4. The molecule has 13 atom stereocenters. The molecule has 0 unspecified atom stereocenters. The molecule has 45 heavy (non-hydrogen) atoms. The van der Waals surface area contributed by atoms with Crippen molar-refractivity contribution in [3.63, 3.8) is 0 Å². The number of ketones is 1. The third-order valence-electron chi connectivity index (χ3n) is 16.0. The fourth-order valence-electron chi connectivity index (χ4n) is 15.1. The van der Waals surface area contributed by atoms with Crippen molar-refractivity contribution in [3.8, 4) is 0 Å². The van der Waals surface area contributed by atoms with Crippen molar-refractivity contribution < 1.29 is 42.9 Å². The van der Waals surface area contributed by atoms with Gasteiger partial charge in [0.25, 0.3) is 0 Å². The van der Waals surface area contributed by atoms with E-state index in [1.165, 1.54) is 0 Å². The van der Waals surface area contributed by atoms with Crippen LogP contribution in [0.15, 0.2) is 23.0 Å². The second-order valence-electron chi connectivity index (χ2n) is 17.5. The number of esters is 2. The zero-order valence-electron chi connectivity index (χ0n) is 26.6. The van der Waals surface area contributed by atoms with Gasteiger partial charge in [-0.3, -0.25) is 9.59 Å². The van der Waals surface area contributed by atoms with E-state index in [0.717, 1.165) is 56.9 Å². The highest BCUT2D eigenvalue weighted by Crippen LogP contribution is 2.85. The molecule has 9 aliphatic rings. The van der Waals surface area contributed by atoms with Crippen molar-refractivity contribution in [2.45, 2.75) is 121 Å². The van der Waals surface area contributed by atoms with Gasteiger partial charge in [-0.05, 0) is 81.1 Å². The first-order chi connectivity index (χ1) is 21.3. The number of furan rings is 1. The van der Waals surface area contributed by atoms with E-state index >= 15 is 0 Å². The van der Waals surface area contributed by atoms with Crippen LogP contribution in [-0.2, 0) is 33.3 Å². The maximum absolute atomic E-state index is 14.9. The monoisotopic (exact) mass is 620 g/mol. The van der Waals surface area contributed by atoms with Gasteiger partial charge in [-0.1, -0.05) is 33.1 Å². The first kappa shape index (κ1) is 27.8. The summed E-state index contributed by atoms with van der Waals surface area (Å²) in [4.78, 5) is 42.9. The van der Waals surface area contributed by atoms with E-state index < -0.39 is 69.7 Å². The molecule has 1 aromatic heterocycles. The van der Waals surface area contributed by atoms with Crippen molar-refractivity contribution >= 4 is 17.7 Å². The third-order valence-corrected chi connectivity index (χ3v) is 16.0. The topological polar surface area (TPSA) is 125 Å². The second-order valence-corrected chi connectivity index (χ2v) is 17.5. The largest absolute Gasteiger partial charge is 0.472 e. The minimum atomic E-state index is -1.38. The molecular weight excluding hydrogens is 576 g/mol. The summed E-state index contributed by atoms with van der Waals surface area (Å²) in [5.41, 5.74) is -4.32. The van der Waals surface area contributed by atoms with E-state index in [4.69, 9.17) is 23.4 Å². The summed E-state index contributed by atoms with van der Waals surface area (Å²) in [6, 6.07) is 1.84. The summed E-state index contributed by atoms with van der Waals surface area (Å²) < 4.78 is 31.9. The number of hydrogen-bond donors (Lipinski definition) is 1. The number of carbonyl (C=O) groups excluding carboxylic acids is 3. The molecule has 10 rings (SSSR count). The van der Waals surface area contributed by atoms with E-state index in [2.05, 4.69) is 6.92 Å². The minimum absolute atomic E-state index is 0.0157. The lowest BCUT2D eigenvalue weighted by atomic mass is 9.34. The predicted octanol–water partition coefficient (Wildman–Crippen LogP) is 4.69. The van der Waals surface area contributed by atoms with Gasteiger partial charge in [0.05, 0.1) is 36.1 Å². The SMILES string of the molecule is CC1(C)O[C@@H]2[C@@H]3C(=O)OC[C@]24[C@@H]1C(=O)[C@@H](O)[C@]1(C)[C@@H]4[C@@H](C[C@@]32CCCC23CCCC3)C[C@@]2(C)[C@H](c3ccoc3)OC(=O)[C@H]3O[C@]312. The summed E-state index contributed by atoms with van der Waals surface area (Å²) in [6.45, 7) is 8.16. The number of cyclic esters (lactones) is 2. The number of rotatable bonds is 1. The number of aliphatic hydroxyl groups is 1. The van der Waals surface area contributed by atoms with Crippen LogP contribution in [0, 0.1) is 50.7 Å². The molecule has 9 heteroatoms. The molecular formula is C36H44O9. The van der Waals surface area contributed by atoms with Crippen LogP contribution in [-0.4, -0.2) is 58.9 Å². The number of Topliss-reactive ketones (excluding diaryl/α,β-unsaturated/α-hetero) is 1. The molecule has 9 fully saturated rings. The van der Waals surface area contributed by atoms with Crippen LogP contribution >= 0.6 is 0 Å². The highest BCUT2D eigenvalue weighted by Gasteiger charge is 2.93. The number of aliphatic hydroxyl groups excluding tert-OH is 1. The van der Waals surface area contributed by atoms with Crippen molar-refractivity contribution in [3.05, 3.63) is 24.2 Å². The Bertz CT molecular complexity index is 1540. The lowest BCUT2D eigenvalue weighted by molar-refractivity contribution is -0.266. The van der Waals surface area contributed by atoms with Crippen molar-refractivity contribution in [2.24, 2.45) is 50.7 Å². The number of hydrogen-bond acceptors (Lipinski definition) is 9.